The quantitative estimate of drug-likeness (QED) is 0.728. The Morgan fingerprint density at radius 3 is 2.65 bits per heavy atom. The van der Waals surface area contributed by atoms with Crippen LogP contribution in [0.4, 0.5) is 0 Å². The van der Waals surface area contributed by atoms with Gasteiger partial charge in [-0.1, -0.05) is 18.2 Å². The standard InChI is InChI=1S/C15H15N3O2/c1-17-12-7-3-4-8-13(12)18(15(17)19)10-11-6-5-9-16-14(11)20-2/h3-9H,10H2,1-2H3. The van der Waals surface area contributed by atoms with Crippen LogP contribution in [-0.2, 0) is 13.6 Å². The number of nitrogens with zero attached hydrogens (tertiary/aromatic N) is 3. The maximum absolute atomic E-state index is 12.4. The molecule has 0 fully saturated rings. The van der Waals surface area contributed by atoms with E-state index in [0.29, 0.717) is 12.4 Å². The summed E-state index contributed by atoms with van der Waals surface area (Å²) in [5.74, 6) is 0.548. The molecule has 0 bridgehead atoms. The molecule has 0 spiro atoms. The molecule has 2 aromatic heterocycles. The summed E-state index contributed by atoms with van der Waals surface area (Å²) in [7, 11) is 3.36. The van der Waals surface area contributed by atoms with E-state index in [-0.39, 0.29) is 5.69 Å². The van der Waals surface area contributed by atoms with Gasteiger partial charge in [0.1, 0.15) is 0 Å². The van der Waals surface area contributed by atoms with Gasteiger partial charge in [-0.05, 0) is 18.2 Å². The lowest BCUT2D eigenvalue weighted by atomic mass is 10.2. The molecule has 5 nitrogen and oxygen atoms in total. The minimum absolute atomic E-state index is 0.0443. The van der Waals surface area contributed by atoms with Gasteiger partial charge >= 0.3 is 5.69 Å². The van der Waals surface area contributed by atoms with Crippen LogP contribution in [0.1, 0.15) is 5.56 Å². The first-order valence-electron chi connectivity index (χ1n) is 6.34. The summed E-state index contributed by atoms with van der Waals surface area (Å²) in [6, 6.07) is 11.5. The van der Waals surface area contributed by atoms with E-state index in [0.717, 1.165) is 16.6 Å². The first kappa shape index (κ1) is 12.5. The van der Waals surface area contributed by atoms with Crippen molar-refractivity contribution in [1.82, 2.24) is 14.1 Å². The van der Waals surface area contributed by atoms with Crippen molar-refractivity contribution >= 4 is 11.0 Å². The fraction of sp³-hybridized carbons (Fsp3) is 0.200. The highest BCUT2D eigenvalue weighted by Gasteiger charge is 2.12. The van der Waals surface area contributed by atoms with Crippen LogP contribution in [-0.4, -0.2) is 21.2 Å². The van der Waals surface area contributed by atoms with Gasteiger partial charge in [0.15, 0.2) is 0 Å². The number of para-hydroxylation sites is 2. The number of aromatic nitrogens is 3. The summed E-state index contributed by atoms with van der Waals surface area (Å²) in [6.45, 7) is 0.442. The van der Waals surface area contributed by atoms with Crippen LogP contribution in [0.5, 0.6) is 5.88 Å². The van der Waals surface area contributed by atoms with Crippen LogP contribution in [0.2, 0.25) is 0 Å². The number of methoxy groups -OCH3 is 1. The lowest BCUT2D eigenvalue weighted by Gasteiger charge is -2.07. The van der Waals surface area contributed by atoms with Crippen molar-refractivity contribution in [2.75, 3.05) is 7.11 Å². The van der Waals surface area contributed by atoms with Gasteiger partial charge in [-0.3, -0.25) is 9.13 Å². The van der Waals surface area contributed by atoms with Crippen LogP contribution >= 0.6 is 0 Å². The number of pyridine rings is 1. The van der Waals surface area contributed by atoms with Crippen LogP contribution in [0.3, 0.4) is 0 Å². The Labute approximate surface area is 116 Å². The summed E-state index contributed by atoms with van der Waals surface area (Å²) in [5.41, 5.74) is 2.66. The van der Waals surface area contributed by atoms with Crippen molar-refractivity contribution in [3.05, 3.63) is 58.6 Å². The zero-order valence-electron chi connectivity index (χ0n) is 11.4. The first-order chi connectivity index (χ1) is 9.72. The second-order valence-electron chi connectivity index (χ2n) is 4.59. The number of fused-ring (bicyclic) bond motifs is 1. The maximum atomic E-state index is 12.4. The highest BCUT2D eigenvalue weighted by molar-refractivity contribution is 5.76. The Hall–Kier alpha value is -2.56. The number of aryl methyl sites for hydroxylation is 1. The van der Waals surface area contributed by atoms with Crippen LogP contribution in [0.25, 0.3) is 11.0 Å². The van der Waals surface area contributed by atoms with Gasteiger partial charge in [0.25, 0.3) is 0 Å². The molecule has 0 saturated heterocycles. The summed E-state index contributed by atoms with van der Waals surface area (Å²) in [6.07, 6.45) is 1.67. The molecule has 0 aliphatic heterocycles. The Kier molecular flexibility index (Phi) is 3.02. The number of imidazole rings is 1. The van der Waals surface area contributed by atoms with E-state index in [2.05, 4.69) is 4.98 Å². The van der Waals surface area contributed by atoms with Gasteiger partial charge in [-0.2, -0.15) is 0 Å². The third kappa shape index (κ3) is 1.87. The topological polar surface area (TPSA) is 49.1 Å². The largest absolute Gasteiger partial charge is 0.481 e. The zero-order chi connectivity index (χ0) is 14.1. The molecule has 20 heavy (non-hydrogen) atoms. The molecule has 0 radical (unpaired) electrons. The monoisotopic (exact) mass is 269 g/mol. The van der Waals surface area contributed by atoms with E-state index >= 15 is 0 Å². The number of rotatable bonds is 3. The number of ether oxygens (including phenoxy) is 1. The van der Waals surface area contributed by atoms with Crippen molar-refractivity contribution in [1.29, 1.82) is 0 Å². The number of hydrogen-bond acceptors (Lipinski definition) is 3. The van der Waals surface area contributed by atoms with E-state index in [9.17, 15) is 4.79 Å². The van der Waals surface area contributed by atoms with E-state index in [1.165, 1.54) is 0 Å². The Bertz CT molecular complexity index is 817. The van der Waals surface area contributed by atoms with Crippen molar-refractivity contribution in [3.63, 3.8) is 0 Å². The molecule has 3 aromatic rings. The van der Waals surface area contributed by atoms with E-state index in [1.807, 2.05) is 36.4 Å². The molecular weight excluding hydrogens is 254 g/mol. The molecule has 0 saturated carbocycles. The number of benzene rings is 1. The average molecular weight is 269 g/mol. The van der Waals surface area contributed by atoms with Crippen LogP contribution in [0.15, 0.2) is 47.4 Å². The summed E-state index contributed by atoms with van der Waals surface area (Å²) in [4.78, 5) is 16.5. The lowest BCUT2D eigenvalue weighted by molar-refractivity contribution is 0.391. The summed E-state index contributed by atoms with van der Waals surface area (Å²) in [5, 5.41) is 0. The molecule has 0 aliphatic carbocycles. The molecule has 0 atom stereocenters. The molecule has 3 rings (SSSR count). The lowest BCUT2D eigenvalue weighted by Crippen LogP contribution is -2.23. The molecule has 2 heterocycles. The van der Waals surface area contributed by atoms with Crippen molar-refractivity contribution in [2.45, 2.75) is 6.54 Å². The molecule has 0 N–H and O–H groups in total. The zero-order valence-corrected chi connectivity index (χ0v) is 11.4. The van der Waals surface area contributed by atoms with Crippen LogP contribution < -0.4 is 10.4 Å². The molecule has 102 valence electrons. The highest BCUT2D eigenvalue weighted by atomic mass is 16.5. The Morgan fingerprint density at radius 2 is 1.90 bits per heavy atom. The normalized spacial score (nSPS) is 10.9. The second-order valence-corrected chi connectivity index (χ2v) is 4.59. The van der Waals surface area contributed by atoms with Gasteiger partial charge in [0.2, 0.25) is 5.88 Å². The van der Waals surface area contributed by atoms with Gasteiger partial charge in [0, 0.05) is 18.8 Å². The van der Waals surface area contributed by atoms with Gasteiger partial charge in [-0.15, -0.1) is 0 Å². The molecule has 0 unspecified atom stereocenters. The van der Waals surface area contributed by atoms with E-state index in [1.54, 1.807) is 29.5 Å². The minimum atomic E-state index is -0.0443. The predicted molar refractivity (Wildman–Crippen MR) is 77.1 cm³/mol. The van der Waals surface area contributed by atoms with Gasteiger partial charge < -0.3 is 4.74 Å². The Balaban J connectivity index is 2.16. The fourth-order valence-electron chi connectivity index (χ4n) is 2.41. The molecule has 0 aliphatic rings. The first-order valence-corrected chi connectivity index (χ1v) is 6.34. The average Bonchev–Trinajstić information content (AvgIpc) is 2.73. The molecule has 0 amide bonds. The summed E-state index contributed by atoms with van der Waals surface area (Å²) < 4.78 is 8.62. The smallest absolute Gasteiger partial charge is 0.329 e. The predicted octanol–water partition coefficient (Wildman–Crippen LogP) is 1.79. The van der Waals surface area contributed by atoms with Crippen molar-refractivity contribution in [2.24, 2.45) is 7.05 Å². The van der Waals surface area contributed by atoms with Crippen molar-refractivity contribution < 1.29 is 4.74 Å². The van der Waals surface area contributed by atoms with Gasteiger partial charge in [0.05, 0.1) is 24.7 Å². The van der Waals surface area contributed by atoms with E-state index in [4.69, 9.17) is 4.74 Å². The molecule has 5 heteroatoms. The SMILES string of the molecule is COc1ncccc1Cn1c(=O)n(C)c2ccccc21. The van der Waals surface area contributed by atoms with Gasteiger partial charge in [-0.25, -0.2) is 9.78 Å². The molecular formula is C15H15N3O2. The highest BCUT2D eigenvalue weighted by Crippen LogP contribution is 2.18. The third-order valence-electron chi connectivity index (χ3n) is 3.42. The Morgan fingerprint density at radius 1 is 1.15 bits per heavy atom. The maximum Gasteiger partial charge on any atom is 0.329 e. The van der Waals surface area contributed by atoms with E-state index < -0.39 is 0 Å². The van der Waals surface area contributed by atoms with Crippen molar-refractivity contribution in [3.8, 4) is 5.88 Å². The molecule has 1 aromatic carbocycles. The summed E-state index contributed by atoms with van der Waals surface area (Å²) >= 11 is 0. The second kappa shape index (κ2) is 4.85. The third-order valence-corrected chi connectivity index (χ3v) is 3.42. The number of hydrogen-bond donors (Lipinski definition) is 0. The minimum Gasteiger partial charge on any atom is -0.481 e. The fourth-order valence-corrected chi connectivity index (χ4v) is 2.41. The van der Waals surface area contributed by atoms with Crippen LogP contribution in [0, 0.1) is 0 Å².